The monoisotopic (exact) mass is 994 g/mol. The van der Waals surface area contributed by atoms with Gasteiger partial charge in [0.15, 0.2) is 17.3 Å². The molecule has 74 heavy (non-hydrogen) atoms. The summed E-state index contributed by atoms with van der Waals surface area (Å²) in [4.78, 5) is 37.5. The number of ketones is 2. The third-order valence-corrected chi connectivity index (χ3v) is 17.5. The number of allylic oxidation sites excluding steroid dienone is 1. The van der Waals surface area contributed by atoms with Crippen molar-refractivity contribution in [2.75, 3.05) is 18.5 Å². The fourth-order valence-corrected chi connectivity index (χ4v) is 13.6. The fourth-order valence-electron chi connectivity index (χ4n) is 13.6. The fraction of sp³-hybridized carbons (Fsp3) is 0.406. The van der Waals surface area contributed by atoms with Gasteiger partial charge in [-0.1, -0.05) is 91.7 Å². The minimum Gasteiger partial charge on any atom is -0.507 e. The van der Waals surface area contributed by atoms with E-state index < -0.39 is 23.4 Å². The Bertz CT molecular complexity index is 3040. The maximum Gasteiger partial charge on any atom is 0.161 e. The molecular formula is C64H71N3O7. The first-order valence-corrected chi connectivity index (χ1v) is 27.4. The molecule has 11 rings (SSSR count). The molecule has 0 spiro atoms. The van der Waals surface area contributed by atoms with Crippen LogP contribution in [0.3, 0.4) is 0 Å². The zero-order valence-electron chi connectivity index (χ0n) is 42.5. The molecule has 384 valence electrons. The number of hydrogen-bond donors (Lipinski definition) is 7. The number of benzene rings is 4. The van der Waals surface area contributed by atoms with E-state index in [2.05, 4.69) is 76.0 Å². The van der Waals surface area contributed by atoms with Gasteiger partial charge < -0.3 is 40.4 Å². The van der Waals surface area contributed by atoms with Gasteiger partial charge in [-0.15, -0.1) is 0 Å². The molecule has 10 heteroatoms. The van der Waals surface area contributed by atoms with E-state index in [1.165, 1.54) is 0 Å². The highest BCUT2D eigenvalue weighted by molar-refractivity contribution is 6.05. The number of carbonyl (C=O) groups is 2. The number of rotatable bonds is 10. The summed E-state index contributed by atoms with van der Waals surface area (Å²) in [6, 6.07) is 30.7. The molecule has 0 radical (unpaired) electrons. The minimum atomic E-state index is -1.03. The van der Waals surface area contributed by atoms with E-state index in [-0.39, 0.29) is 60.5 Å². The maximum atomic E-state index is 15.7. The molecule has 5 aliphatic rings. The van der Waals surface area contributed by atoms with Crippen LogP contribution in [0.5, 0.6) is 17.2 Å². The largest absolute Gasteiger partial charge is 0.507 e. The third-order valence-electron chi connectivity index (χ3n) is 17.5. The van der Waals surface area contributed by atoms with Crippen LogP contribution >= 0.6 is 0 Å². The molecule has 4 bridgehead atoms. The Kier molecular flexibility index (Phi) is 14.5. The first-order chi connectivity index (χ1) is 36.1. The lowest BCUT2D eigenvalue weighted by Crippen LogP contribution is -2.39. The lowest BCUT2D eigenvalue weighted by Gasteiger charge is -2.37. The first-order valence-electron chi connectivity index (χ1n) is 27.4. The standard InChI is InChI=1S/C64H71N3O7/c68-30-25-52-57(70)22-18-43-33-47(61(72)58(35-43)74-49-12-4-5-13-49)32-42-17-21-54(64(26-6-7-27-64)59(71)36-40-9-2-1-3-10-40)46(31-42)37-45-23-28-66-63(45)67-39-48-38-55-51(24-29-65-55)53(60(48)62(52)73)34-41-15-19-44-11-8-14-56(69)50(44)20-16-41/h1-3,8-11,14,16-17,20-21,23-24,28-29,31,33,35,38,41,49,52-53,59-60,65-69,71-72H,4-7,12-13,15,18-19,22,25-27,30,32,34,36-37,39H2/t41-,52-,53-,59+,60+/m0/s1. The molecule has 2 fully saturated rings. The van der Waals surface area contributed by atoms with Crippen LogP contribution in [0.4, 0.5) is 5.82 Å². The number of aliphatic hydroxyl groups excluding tert-OH is 2. The van der Waals surface area contributed by atoms with Gasteiger partial charge in [-0.25, -0.2) is 0 Å². The number of hydrogen-bond acceptors (Lipinski definition) is 8. The van der Waals surface area contributed by atoms with Gasteiger partial charge in [0, 0.05) is 78.9 Å². The van der Waals surface area contributed by atoms with Gasteiger partial charge >= 0.3 is 0 Å². The molecule has 4 aromatic carbocycles. The Morgan fingerprint density at radius 2 is 1.57 bits per heavy atom. The molecule has 10 nitrogen and oxygen atoms in total. The molecule has 0 unspecified atom stereocenters. The molecule has 6 aromatic rings. The van der Waals surface area contributed by atoms with Gasteiger partial charge in [0.05, 0.1) is 18.1 Å². The molecule has 4 aliphatic carbocycles. The first kappa shape index (κ1) is 49.6. The van der Waals surface area contributed by atoms with Crippen LogP contribution in [-0.4, -0.2) is 67.3 Å². The van der Waals surface area contributed by atoms with Crippen LogP contribution in [0.1, 0.15) is 144 Å². The molecule has 0 saturated heterocycles. The lowest BCUT2D eigenvalue weighted by atomic mass is 9.67. The average Bonchev–Trinajstić information content (AvgIpc) is 4.26. The van der Waals surface area contributed by atoms with E-state index in [0.717, 1.165) is 131 Å². The number of nitrogens with one attached hydrogen (secondary N) is 3. The Morgan fingerprint density at radius 3 is 2.39 bits per heavy atom. The smallest absolute Gasteiger partial charge is 0.161 e. The number of H-pyrrole nitrogens is 2. The number of fused-ring (bicyclic) bond motifs is 8. The SMILES string of the molecule is O=C1CCc2cc(c(O)c(OC3CCCC3)c2)Cc2ccc(C3([C@H](O)Cc4ccccc4)CCCC3)c(c2)Cc2cc[nH]c2NCC2=Cc3[nH]ccc3[C@H](C[C@@H]3C=Cc4c(O)cccc4CC3)[C@@H]2C(=O)[C@H]1CCO. The van der Waals surface area contributed by atoms with Crippen LogP contribution in [-0.2, 0) is 47.1 Å². The van der Waals surface area contributed by atoms with Gasteiger partial charge in [-0.2, -0.15) is 0 Å². The summed E-state index contributed by atoms with van der Waals surface area (Å²) in [7, 11) is 0. The average molecular weight is 994 g/mol. The van der Waals surface area contributed by atoms with E-state index in [1.807, 2.05) is 54.9 Å². The molecule has 2 saturated carbocycles. The number of aromatic hydroxyl groups is 2. The predicted molar refractivity (Wildman–Crippen MR) is 291 cm³/mol. The summed E-state index contributed by atoms with van der Waals surface area (Å²) in [6.07, 6.45) is 21.6. The van der Waals surface area contributed by atoms with Crippen molar-refractivity contribution in [3.05, 3.63) is 176 Å². The second-order valence-corrected chi connectivity index (χ2v) is 22.1. The number of aromatic nitrogens is 2. The van der Waals surface area contributed by atoms with Crippen molar-refractivity contribution in [2.45, 2.75) is 133 Å². The maximum absolute atomic E-state index is 15.7. The number of phenols is 2. The molecular weight excluding hydrogens is 923 g/mol. The number of carbonyl (C=O) groups excluding carboxylic acids is 2. The molecule has 1 aliphatic heterocycles. The van der Waals surface area contributed by atoms with Crippen LogP contribution in [0.2, 0.25) is 0 Å². The molecule has 2 aromatic heterocycles. The zero-order valence-corrected chi connectivity index (χ0v) is 42.5. The molecule has 3 heterocycles. The minimum absolute atomic E-state index is 0.00574. The van der Waals surface area contributed by atoms with Crippen molar-refractivity contribution in [1.82, 2.24) is 9.97 Å². The van der Waals surface area contributed by atoms with Crippen molar-refractivity contribution in [1.29, 1.82) is 0 Å². The number of phenolic OH excluding ortho intramolecular Hbond substituents is 2. The second kappa shape index (κ2) is 21.7. The van der Waals surface area contributed by atoms with E-state index in [9.17, 15) is 25.2 Å². The van der Waals surface area contributed by atoms with E-state index in [1.54, 1.807) is 6.07 Å². The summed E-state index contributed by atoms with van der Waals surface area (Å²) in [5, 5.41) is 49.7. The number of ether oxygens (including phenoxy) is 1. The second-order valence-electron chi connectivity index (χ2n) is 22.1. The number of anilines is 1. The summed E-state index contributed by atoms with van der Waals surface area (Å²) in [5.41, 5.74) is 11.3. The Labute approximate surface area is 435 Å². The Morgan fingerprint density at radius 1 is 0.757 bits per heavy atom. The number of aromatic amines is 2. The van der Waals surface area contributed by atoms with Crippen LogP contribution in [0.25, 0.3) is 12.2 Å². The van der Waals surface area contributed by atoms with Crippen molar-refractivity contribution in [2.24, 2.45) is 17.8 Å². The van der Waals surface area contributed by atoms with E-state index in [4.69, 9.17) is 4.74 Å². The van der Waals surface area contributed by atoms with Crippen LogP contribution in [0.15, 0.2) is 115 Å². The van der Waals surface area contributed by atoms with Crippen molar-refractivity contribution >= 4 is 29.5 Å². The normalized spacial score (nSPS) is 22.4. The van der Waals surface area contributed by atoms with E-state index >= 15 is 4.79 Å². The van der Waals surface area contributed by atoms with Gasteiger partial charge in [0.25, 0.3) is 0 Å². The van der Waals surface area contributed by atoms with Gasteiger partial charge in [-0.3, -0.25) is 9.59 Å². The Hall–Kier alpha value is -6.62. The van der Waals surface area contributed by atoms with Gasteiger partial charge in [0.2, 0.25) is 0 Å². The summed E-state index contributed by atoms with van der Waals surface area (Å²) < 4.78 is 6.58. The van der Waals surface area contributed by atoms with Crippen LogP contribution < -0.4 is 10.1 Å². The highest BCUT2D eigenvalue weighted by atomic mass is 16.5. The van der Waals surface area contributed by atoms with E-state index in [0.29, 0.717) is 50.0 Å². The van der Waals surface area contributed by atoms with Crippen molar-refractivity contribution < 1.29 is 34.8 Å². The number of aliphatic hydroxyl groups is 2. The van der Waals surface area contributed by atoms with Gasteiger partial charge in [-0.05, 0) is 163 Å². The number of aryl methyl sites for hydroxylation is 2. The van der Waals surface area contributed by atoms with Crippen LogP contribution in [0, 0.1) is 17.8 Å². The third kappa shape index (κ3) is 10.2. The highest BCUT2D eigenvalue weighted by Crippen LogP contribution is 2.49. The topological polar surface area (TPSA) is 168 Å². The molecule has 7 N–H and O–H groups in total. The summed E-state index contributed by atoms with van der Waals surface area (Å²) >= 11 is 0. The zero-order chi connectivity index (χ0) is 50.8. The van der Waals surface area contributed by atoms with Crippen molar-refractivity contribution in [3.8, 4) is 17.2 Å². The lowest BCUT2D eigenvalue weighted by molar-refractivity contribution is -0.135. The predicted octanol–water partition coefficient (Wildman–Crippen LogP) is 11.6. The quantitative estimate of drug-likeness (QED) is 0.0666. The van der Waals surface area contributed by atoms with Gasteiger partial charge in [0.1, 0.15) is 17.4 Å². The Balaban J connectivity index is 1.01. The number of Topliss-reactive ketones (excluding diaryl/α,β-unsaturated/α-hetero) is 2. The molecule has 5 atom stereocenters. The summed E-state index contributed by atoms with van der Waals surface area (Å²) in [6.45, 7) is 0.0270. The molecule has 0 amide bonds. The van der Waals surface area contributed by atoms with Crippen molar-refractivity contribution in [3.63, 3.8) is 0 Å². The highest BCUT2D eigenvalue weighted by Gasteiger charge is 2.45. The summed E-state index contributed by atoms with van der Waals surface area (Å²) in [5.74, 6) is -0.649.